The van der Waals surface area contributed by atoms with Gasteiger partial charge in [0.25, 0.3) is 0 Å². The molecule has 0 bridgehead atoms. The van der Waals surface area contributed by atoms with Gasteiger partial charge in [-0.2, -0.15) is 0 Å². The van der Waals surface area contributed by atoms with Gasteiger partial charge in [0.2, 0.25) is 0 Å². The fourth-order valence-corrected chi connectivity index (χ4v) is 2.75. The lowest BCUT2D eigenvalue weighted by molar-refractivity contribution is 0.274. The topological polar surface area (TPSA) is 59.3 Å². The standard InChI is InChI=1S/C19H21N3O2/c1-14-20-11-18(22(14)17-6-4-3-5-7-17)12-21-16-8-9-19(24-2)15(10-16)13-23/h3-11,21,23H,12-13H2,1-2H3. The molecule has 0 radical (unpaired) electrons. The van der Waals surface area contributed by atoms with Gasteiger partial charge in [-0.1, -0.05) is 18.2 Å². The molecule has 0 atom stereocenters. The van der Waals surface area contributed by atoms with Crippen LogP contribution in [0.5, 0.6) is 5.75 Å². The maximum atomic E-state index is 9.43. The number of rotatable bonds is 6. The van der Waals surface area contributed by atoms with Gasteiger partial charge in [-0.25, -0.2) is 4.98 Å². The highest BCUT2D eigenvalue weighted by atomic mass is 16.5. The summed E-state index contributed by atoms with van der Waals surface area (Å²) in [7, 11) is 1.60. The molecule has 24 heavy (non-hydrogen) atoms. The van der Waals surface area contributed by atoms with Crippen LogP contribution in [0, 0.1) is 6.92 Å². The highest BCUT2D eigenvalue weighted by molar-refractivity contribution is 5.51. The maximum absolute atomic E-state index is 9.43. The Balaban J connectivity index is 1.81. The number of anilines is 1. The first-order valence-corrected chi connectivity index (χ1v) is 7.83. The van der Waals surface area contributed by atoms with Gasteiger partial charge in [-0.15, -0.1) is 0 Å². The van der Waals surface area contributed by atoms with Gasteiger partial charge in [0.05, 0.1) is 32.2 Å². The minimum Gasteiger partial charge on any atom is -0.496 e. The Morgan fingerprint density at radius 3 is 2.67 bits per heavy atom. The molecule has 0 unspecified atom stereocenters. The lowest BCUT2D eigenvalue weighted by atomic mass is 10.2. The molecule has 0 aliphatic carbocycles. The second kappa shape index (κ2) is 7.19. The summed E-state index contributed by atoms with van der Waals surface area (Å²) in [5.74, 6) is 1.64. The lowest BCUT2D eigenvalue weighted by Gasteiger charge is -2.13. The van der Waals surface area contributed by atoms with Crippen molar-refractivity contribution in [3.63, 3.8) is 0 Å². The van der Waals surface area contributed by atoms with Gasteiger partial charge in [-0.3, -0.25) is 4.57 Å². The quantitative estimate of drug-likeness (QED) is 0.731. The third-order valence-electron chi connectivity index (χ3n) is 3.95. The molecule has 1 heterocycles. The first kappa shape index (κ1) is 16.1. The van der Waals surface area contributed by atoms with Crippen molar-refractivity contribution in [3.8, 4) is 11.4 Å². The summed E-state index contributed by atoms with van der Waals surface area (Å²) in [6.45, 7) is 2.57. The molecular weight excluding hydrogens is 302 g/mol. The number of ether oxygens (including phenoxy) is 1. The highest BCUT2D eigenvalue weighted by Crippen LogP contribution is 2.23. The van der Waals surface area contributed by atoms with Crippen LogP contribution in [0.3, 0.4) is 0 Å². The molecule has 0 aliphatic rings. The van der Waals surface area contributed by atoms with E-state index in [4.69, 9.17) is 4.74 Å². The first-order chi connectivity index (χ1) is 11.7. The number of nitrogens with one attached hydrogen (secondary N) is 1. The van der Waals surface area contributed by atoms with E-state index >= 15 is 0 Å². The van der Waals surface area contributed by atoms with E-state index < -0.39 is 0 Å². The molecule has 5 nitrogen and oxygen atoms in total. The number of methoxy groups -OCH3 is 1. The van der Waals surface area contributed by atoms with Crippen LogP contribution in [0.1, 0.15) is 17.1 Å². The molecule has 0 aliphatic heterocycles. The van der Waals surface area contributed by atoms with E-state index in [1.807, 2.05) is 49.5 Å². The van der Waals surface area contributed by atoms with E-state index in [0.717, 1.165) is 28.5 Å². The summed E-state index contributed by atoms with van der Waals surface area (Å²) < 4.78 is 7.36. The van der Waals surface area contributed by atoms with E-state index in [0.29, 0.717) is 12.3 Å². The van der Waals surface area contributed by atoms with Crippen molar-refractivity contribution in [1.82, 2.24) is 9.55 Å². The van der Waals surface area contributed by atoms with E-state index in [2.05, 4.69) is 27.0 Å². The molecule has 1 aromatic heterocycles. The Hall–Kier alpha value is -2.79. The predicted molar refractivity (Wildman–Crippen MR) is 94.5 cm³/mol. The third-order valence-corrected chi connectivity index (χ3v) is 3.95. The fourth-order valence-electron chi connectivity index (χ4n) is 2.75. The molecule has 0 fully saturated rings. The number of hydrogen-bond acceptors (Lipinski definition) is 4. The minimum absolute atomic E-state index is 0.0558. The summed E-state index contributed by atoms with van der Waals surface area (Å²) in [5.41, 5.74) is 3.85. The number of benzene rings is 2. The van der Waals surface area contributed by atoms with Crippen molar-refractivity contribution >= 4 is 5.69 Å². The van der Waals surface area contributed by atoms with Crippen molar-refractivity contribution in [1.29, 1.82) is 0 Å². The number of nitrogens with zero attached hydrogens (tertiary/aromatic N) is 2. The number of aromatic nitrogens is 2. The minimum atomic E-state index is -0.0558. The second-order valence-corrected chi connectivity index (χ2v) is 5.51. The van der Waals surface area contributed by atoms with Crippen LogP contribution < -0.4 is 10.1 Å². The van der Waals surface area contributed by atoms with Crippen LogP contribution in [-0.2, 0) is 13.2 Å². The fraction of sp³-hybridized carbons (Fsp3) is 0.211. The van der Waals surface area contributed by atoms with E-state index in [1.165, 1.54) is 0 Å². The van der Waals surface area contributed by atoms with Gasteiger partial charge < -0.3 is 15.2 Å². The average Bonchev–Trinajstić information content (AvgIpc) is 3.01. The molecule has 0 amide bonds. The normalized spacial score (nSPS) is 10.6. The lowest BCUT2D eigenvalue weighted by Crippen LogP contribution is -2.07. The van der Waals surface area contributed by atoms with Gasteiger partial charge >= 0.3 is 0 Å². The molecular formula is C19H21N3O2. The maximum Gasteiger partial charge on any atom is 0.124 e. The van der Waals surface area contributed by atoms with Crippen molar-refractivity contribution < 1.29 is 9.84 Å². The molecule has 3 aromatic rings. The van der Waals surface area contributed by atoms with Gasteiger partial charge in [-0.05, 0) is 37.3 Å². The van der Waals surface area contributed by atoms with Crippen molar-refractivity contribution in [2.75, 3.05) is 12.4 Å². The zero-order valence-corrected chi connectivity index (χ0v) is 13.9. The molecule has 0 spiro atoms. The third kappa shape index (κ3) is 3.26. The SMILES string of the molecule is COc1ccc(NCc2cnc(C)n2-c2ccccc2)cc1CO. The largest absolute Gasteiger partial charge is 0.496 e. The smallest absolute Gasteiger partial charge is 0.124 e. The van der Waals surface area contributed by atoms with Crippen molar-refractivity contribution in [2.24, 2.45) is 0 Å². The van der Waals surface area contributed by atoms with E-state index in [9.17, 15) is 5.11 Å². The van der Waals surface area contributed by atoms with Crippen LogP contribution in [0.4, 0.5) is 5.69 Å². The summed E-state index contributed by atoms with van der Waals surface area (Å²) >= 11 is 0. The number of aryl methyl sites for hydroxylation is 1. The number of aliphatic hydroxyl groups is 1. The summed E-state index contributed by atoms with van der Waals surface area (Å²) in [4.78, 5) is 4.43. The Kier molecular flexibility index (Phi) is 4.82. The molecule has 124 valence electrons. The zero-order valence-electron chi connectivity index (χ0n) is 13.9. The summed E-state index contributed by atoms with van der Waals surface area (Å²) in [5, 5.41) is 12.8. The number of hydrogen-bond donors (Lipinski definition) is 2. The van der Waals surface area contributed by atoms with Crippen LogP contribution in [0.15, 0.2) is 54.7 Å². The van der Waals surface area contributed by atoms with Gasteiger partial charge in [0, 0.05) is 16.9 Å². The molecule has 2 aromatic carbocycles. The van der Waals surface area contributed by atoms with Crippen LogP contribution in [0.25, 0.3) is 5.69 Å². The summed E-state index contributed by atoms with van der Waals surface area (Å²) in [6.07, 6.45) is 1.88. The van der Waals surface area contributed by atoms with Crippen molar-refractivity contribution in [3.05, 3.63) is 71.8 Å². The van der Waals surface area contributed by atoms with Gasteiger partial charge in [0.15, 0.2) is 0 Å². The van der Waals surface area contributed by atoms with Crippen LogP contribution in [-0.4, -0.2) is 21.8 Å². The predicted octanol–water partition coefficient (Wildman–Crippen LogP) is 3.29. The molecule has 5 heteroatoms. The molecule has 3 rings (SSSR count). The zero-order chi connectivity index (χ0) is 16.9. The number of imidazole rings is 1. The molecule has 0 saturated heterocycles. The molecule has 0 saturated carbocycles. The second-order valence-electron chi connectivity index (χ2n) is 5.51. The van der Waals surface area contributed by atoms with E-state index in [1.54, 1.807) is 7.11 Å². The van der Waals surface area contributed by atoms with Crippen molar-refractivity contribution in [2.45, 2.75) is 20.1 Å². The molecule has 2 N–H and O–H groups in total. The average molecular weight is 323 g/mol. The Morgan fingerprint density at radius 1 is 1.17 bits per heavy atom. The first-order valence-electron chi connectivity index (χ1n) is 7.83. The monoisotopic (exact) mass is 323 g/mol. The van der Waals surface area contributed by atoms with Crippen LogP contribution in [0.2, 0.25) is 0 Å². The Morgan fingerprint density at radius 2 is 1.96 bits per heavy atom. The highest BCUT2D eigenvalue weighted by Gasteiger charge is 2.09. The summed E-state index contributed by atoms with van der Waals surface area (Å²) in [6, 6.07) is 15.9. The number of aliphatic hydroxyl groups excluding tert-OH is 1. The Labute approximate surface area is 141 Å². The number of para-hydroxylation sites is 1. The van der Waals surface area contributed by atoms with E-state index in [-0.39, 0.29) is 6.61 Å². The Bertz CT molecular complexity index is 813. The van der Waals surface area contributed by atoms with Crippen LogP contribution >= 0.6 is 0 Å². The van der Waals surface area contributed by atoms with Gasteiger partial charge in [0.1, 0.15) is 11.6 Å².